The summed E-state index contributed by atoms with van der Waals surface area (Å²) in [4.78, 5) is 2.28. The van der Waals surface area contributed by atoms with Gasteiger partial charge in [-0.3, -0.25) is 0 Å². The zero-order valence-electron chi connectivity index (χ0n) is 11.2. The minimum absolute atomic E-state index is 0.124. The predicted molar refractivity (Wildman–Crippen MR) is 69.3 cm³/mol. The van der Waals surface area contributed by atoms with Crippen molar-refractivity contribution < 1.29 is 4.74 Å². The van der Waals surface area contributed by atoms with Crippen LogP contribution in [0.3, 0.4) is 0 Å². The minimum Gasteiger partial charge on any atom is -0.394 e. The van der Waals surface area contributed by atoms with Gasteiger partial charge in [0.15, 0.2) is 5.82 Å². The number of anilines is 2. The maximum atomic E-state index is 6.13. The molecule has 1 saturated heterocycles. The van der Waals surface area contributed by atoms with Crippen molar-refractivity contribution >= 4 is 11.5 Å². The summed E-state index contributed by atoms with van der Waals surface area (Å²) >= 11 is 0. The summed E-state index contributed by atoms with van der Waals surface area (Å²) in [5.74, 6) is 1.04. The molecule has 2 heterocycles. The van der Waals surface area contributed by atoms with Crippen molar-refractivity contribution in [1.82, 2.24) is 9.78 Å². The van der Waals surface area contributed by atoms with Crippen LogP contribution in [0.4, 0.5) is 11.5 Å². The lowest BCUT2D eigenvalue weighted by Gasteiger charge is -2.39. The molecule has 0 radical (unpaired) electrons. The fraction of sp³-hybridized carbons (Fsp3) is 0.750. The highest BCUT2D eigenvalue weighted by Crippen LogP contribution is 2.30. The van der Waals surface area contributed by atoms with E-state index in [-0.39, 0.29) is 5.60 Å². The first-order valence-electron chi connectivity index (χ1n) is 6.16. The van der Waals surface area contributed by atoms with E-state index >= 15 is 0 Å². The van der Waals surface area contributed by atoms with E-state index in [9.17, 15) is 0 Å². The highest BCUT2D eigenvalue weighted by atomic mass is 16.5. The maximum absolute atomic E-state index is 6.13. The molecular formula is C12H22N4O. The van der Waals surface area contributed by atoms with Crippen LogP contribution in [0.1, 0.15) is 26.5 Å². The molecule has 2 N–H and O–H groups in total. The normalized spacial score (nSPS) is 19.6. The minimum atomic E-state index is -0.124. The molecule has 0 atom stereocenters. The number of hydrogen-bond donors (Lipinski definition) is 1. The Hall–Kier alpha value is -1.23. The zero-order valence-corrected chi connectivity index (χ0v) is 11.2. The van der Waals surface area contributed by atoms with Gasteiger partial charge in [0.05, 0.1) is 23.6 Å². The fourth-order valence-corrected chi connectivity index (χ4v) is 2.33. The van der Waals surface area contributed by atoms with Gasteiger partial charge in [-0.25, -0.2) is 4.68 Å². The summed E-state index contributed by atoms with van der Waals surface area (Å²) < 4.78 is 7.70. The van der Waals surface area contributed by atoms with Gasteiger partial charge >= 0.3 is 0 Å². The molecule has 0 amide bonds. The molecule has 5 heteroatoms. The van der Waals surface area contributed by atoms with Crippen LogP contribution in [-0.2, 0) is 11.3 Å². The van der Waals surface area contributed by atoms with E-state index in [4.69, 9.17) is 10.5 Å². The maximum Gasteiger partial charge on any atom is 0.150 e. The Kier molecular flexibility index (Phi) is 3.03. The van der Waals surface area contributed by atoms with E-state index in [0.29, 0.717) is 0 Å². The summed E-state index contributed by atoms with van der Waals surface area (Å²) in [6, 6.07) is 0. The number of morpholine rings is 1. The van der Waals surface area contributed by atoms with E-state index in [2.05, 4.69) is 30.8 Å². The van der Waals surface area contributed by atoms with Crippen molar-refractivity contribution in [1.29, 1.82) is 0 Å². The quantitative estimate of drug-likeness (QED) is 0.846. The smallest absolute Gasteiger partial charge is 0.150 e. The average molecular weight is 238 g/mol. The highest BCUT2D eigenvalue weighted by molar-refractivity contribution is 5.66. The largest absolute Gasteiger partial charge is 0.394 e. The van der Waals surface area contributed by atoms with Crippen LogP contribution in [0, 0.1) is 6.92 Å². The number of aryl methyl sites for hydroxylation is 2. The second kappa shape index (κ2) is 4.22. The standard InChI is InChI=1S/C12H22N4O/c1-5-16-11(10(13)9(2)14-16)15-6-7-17-12(3,4)8-15/h5-8,13H2,1-4H3. The number of nitrogens with two attached hydrogens (primary N) is 1. The molecule has 1 aliphatic rings. The molecule has 1 aromatic heterocycles. The van der Waals surface area contributed by atoms with Crippen LogP contribution in [-0.4, -0.2) is 35.1 Å². The van der Waals surface area contributed by atoms with Crippen LogP contribution >= 0.6 is 0 Å². The first kappa shape index (κ1) is 12.2. The van der Waals surface area contributed by atoms with Gasteiger partial charge in [-0.1, -0.05) is 0 Å². The second-order valence-corrected chi connectivity index (χ2v) is 5.17. The third-order valence-corrected chi connectivity index (χ3v) is 3.17. The van der Waals surface area contributed by atoms with E-state index < -0.39 is 0 Å². The van der Waals surface area contributed by atoms with Crippen molar-refractivity contribution in [2.75, 3.05) is 30.3 Å². The second-order valence-electron chi connectivity index (χ2n) is 5.17. The molecule has 5 nitrogen and oxygen atoms in total. The number of nitrogen functional groups attached to an aromatic ring is 1. The Morgan fingerprint density at radius 1 is 1.47 bits per heavy atom. The summed E-state index contributed by atoms with van der Waals surface area (Å²) in [5.41, 5.74) is 7.71. The summed E-state index contributed by atoms with van der Waals surface area (Å²) in [6.07, 6.45) is 0. The molecule has 0 saturated carbocycles. The summed E-state index contributed by atoms with van der Waals surface area (Å²) in [7, 11) is 0. The van der Waals surface area contributed by atoms with Crippen molar-refractivity contribution in [2.45, 2.75) is 39.8 Å². The van der Waals surface area contributed by atoms with Crippen molar-refractivity contribution in [3.05, 3.63) is 5.69 Å². The molecule has 0 aromatic carbocycles. The molecule has 2 rings (SSSR count). The first-order valence-corrected chi connectivity index (χ1v) is 6.16. The van der Waals surface area contributed by atoms with Gasteiger partial charge in [0.25, 0.3) is 0 Å². The van der Waals surface area contributed by atoms with E-state index in [1.807, 2.05) is 11.6 Å². The topological polar surface area (TPSA) is 56.3 Å². The van der Waals surface area contributed by atoms with E-state index in [0.717, 1.165) is 43.4 Å². The van der Waals surface area contributed by atoms with Gasteiger partial charge in [-0.15, -0.1) is 0 Å². The lowest BCUT2D eigenvalue weighted by atomic mass is 10.1. The van der Waals surface area contributed by atoms with Crippen molar-refractivity contribution in [2.24, 2.45) is 0 Å². The highest BCUT2D eigenvalue weighted by Gasteiger charge is 2.30. The number of hydrogen-bond acceptors (Lipinski definition) is 4. The predicted octanol–water partition coefficient (Wildman–Crippen LogP) is 1.41. The van der Waals surface area contributed by atoms with Gasteiger partial charge in [0, 0.05) is 19.6 Å². The molecule has 1 fully saturated rings. The Labute approximate surface area is 103 Å². The van der Waals surface area contributed by atoms with Crippen molar-refractivity contribution in [3.63, 3.8) is 0 Å². The van der Waals surface area contributed by atoms with Crippen LogP contribution in [0.15, 0.2) is 0 Å². The molecule has 1 aromatic rings. The number of rotatable bonds is 2. The van der Waals surface area contributed by atoms with E-state index in [1.165, 1.54) is 0 Å². The Morgan fingerprint density at radius 2 is 2.18 bits per heavy atom. The molecule has 0 aliphatic carbocycles. The molecule has 0 unspecified atom stereocenters. The van der Waals surface area contributed by atoms with Gasteiger partial charge < -0.3 is 15.4 Å². The fourth-order valence-electron chi connectivity index (χ4n) is 2.33. The Balaban J connectivity index is 2.33. The lowest BCUT2D eigenvalue weighted by Crippen LogP contribution is -2.49. The molecule has 96 valence electrons. The van der Waals surface area contributed by atoms with Crippen LogP contribution < -0.4 is 10.6 Å². The molecule has 0 spiro atoms. The number of ether oxygens (including phenoxy) is 1. The lowest BCUT2D eigenvalue weighted by molar-refractivity contribution is -0.0280. The third kappa shape index (κ3) is 2.24. The number of aromatic nitrogens is 2. The SMILES string of the molecule is CCn1nc(C)c(N)c1N1CCOC(C)(C)C1. The third-order valence-electron chi connectivity index (χ3n) is 3.17. The molecule has 17 heavy (non-hydrogen) atoms. The molecule has 1 aliphatic heterocycles. The van der Waals surface area contributed by atoms with Gasteiger partial charge in [0.1, 0.15) is 0 Å². The van der Waals surface area contributed by atoms with Gasteiger partial charge in [0.2, 0.25) is 0 Å². The van der Waals surface area contributed by atoms with Crippen LogP contribution in [0.25, 0.3) is 0 Å². The first-order chi connectivity index (χ1) is 7.94. The molecule has 0 bridgehead atoms. The zero-order chi connectivity index (χ0) is 12.6. The molecular weight excluding hydrogens is 216 g/mol. The van der Waals surface area contributed by atoms with E-state index in [1.54, 1.807) is 0 Å². The Morgan fingerprint density at radius 3 is 2.76 bits per heavy atom. The Bertz CT molecular complexity index is 411. The van der Waals surface area contributed by atoms with Crippen molar-refractivity contribution in [3.8, 4) is 0 Å². The summed E-state index contributed by atoms with van der Waals surface area (Å²) in [5, 5.41) is 4.46. The van der Waals surface area contributed by atoms with Gasteiger partial charge in [-0.2, -0.15) is 5.10 Å². The van der Waals surface area contributed by atoms with Crippen LogP contribution in [0.5, 0.6) is 0 Å². The average Bonchev–Trinajstić information content (AvgIpc) is 2.53. The summed E-state index contributed by atoms with van der Waals surface area (Å²) in [6.45, 7) is 11.5. The number of nitrogens with zero attached hydrogens (tertiary/aromatic N) is 3. The van der Waals surface area contributed by atoms with Gasteiger partial charge in [-0.05, 0) is 27.7 Å². The monoisotopic (exact) mass is 238 g/mol. The van der Waals surface area contributed by atoms with Crippen LogP contribution in [0.2, 0.25) is 0 Å².